The monoisotopic (exact) mass is 330 g/mol. The Morgan fingerprint density at radius 1 is 1.25 bits per heavy atom. The van der Waals surface area contributed by atoms with E-state index >= 15 is 0 Å². The Bertz CT molecular complexity index is 748. The van der Waals surface area contributed by atoms with Gasteiger partial charge in [0.05, 0.1) is 0 Å². The molecule has 1 unspecified atom stereocenters. The number of anilines is 1. The summed E-state index contributed by atoms with van der Waals surface area (Å²) in [5.41, 5.74) is 0.735. The molecule has 1 aliphatic heterocycles. The van der Waals surface area contributed by atoms with Gasteiger partial charge in [0.1, 0.15) is 11.9 Å². The van der Waals surface area contributed by atoms with Crippen LogP contribution in [-0.2, 0) is 4.79 Å². The number of rotatable bonds is 4. The van der Waals surface area contributed by atoms with Gasteiger partial charge in [-0.25, -0.2) is 4.98 Å². The highest BCUT2D eigenvalue weighted by Gasteiger charge is 2.33. The third-order valence-corrected chi connectivity index (χ3v) is 4.80. The number of nitrogens with zero attached hydrogens (tertiary/aromatic N) is 5. The molecule has 2 aromatic rings. The van der Waals surface area contributed by atoms with Crippen molar-refractivity contribution in [1.29, 1.82) is 0 Å². The standard InChI is InChI=1S/C16H22N6O2/c1-10-17-13-4-5-14(20-22(13)19-10)21-8-6-11(7-9-21)15(23)16(24)18-12-2-3-12/h4-5,11-12,15,23H,2-3,6-9H2,1H3,(H,18,24). The van der Waals surface area contributed by atoms with E-state index < -0.39 is 6.10 Å². The smallest absolute Gasteiger partial charge is 0.249 e. The van der Waals surface area contributed by atoms with Crippen LogP contribution in [0.25, 0.3) is 5.65 Å². The minimum atomic E-state index is -0.902. The normalized spacial score (nSPS) is 20.3. The van der Waals surface area contributed by atoms with Gasteiger partial charge in [-0.2, -0.15) is 0 Å². The summed E-state index contributed by atoms with van der Waals surface area (Å²) in [5.74, 6) is 1.34. The number of fused-ring (bicyclic) bond motifs is 1. The zero-order valence-electron chi connectivity index (χ0n) is 13.7. The summed E-state index contributed by atoms with van der Waals surface area (Å²) >= 11 is 0. The number of piperidine rings is 1. The second kappa shape index (κ2) is 6.01. The predicted octanol–water partition coefficient (Wildman–Crippen LogP) is 0.289. The van der Waals surface area contributed by atoms with Crippen LogP contribution in [-0.4, -0.2) is 56.1 Å². The summed E-state index contributed by atoms with van der Waals surface area (Å²) in [5, 5.41) is 21.9. The van der Waals surface area contributed by atoms with E-state index in [1.54, 1.807) is 4.63 Å². The van der Waals surface area contributed by atoms with Crippen molar-refractivity contribution in [3.8, 4) is 0 Å². The van der Waals surface area contributed by atoms with E-state index in [1.165, 1.54) is 0 Å². The summed E-state index contributed by atoms with van der Waals surface area (Å²) in [6.45, 7) is 3.38. The number of aryl methyl sites for hydroxylation is 1. The lowest BCUT2D eigenvalue weighted by molar-refractivity contribution is -0.132. The van der Waals surface area contributed by atoms with Crippen molar-refractivity contribution in [2.75, 3.05) is 18.0 Å². The molecular weight excluding hydrogens is 308 g/mol. The molecule has 1 aliphatic carbocycles. The molecule has 8 heteroatoms. The molecule has 24 heavy (non-hydrogen) atoms. The molecular formula is C16H22N6O2. The first kappa shape index (κ1) is 15.3. The van der Waals surface area contributed by atoms with Crippen LogP contribution in [0.1, 0.15) is 31.5 Å². The van der Waals surface area contributed by atoms with E-state index in [4.69, 9.17) is 0 Å². The highest BCUT2D eigenvalue weighted by atomic mass is 16.3. The minimum Gasteiger partial charge on any atom is -0.383 e. The number of aliphatic hydroxyl groups excluding tert-OH is 1. The first-order chi connectivity index (χ1) is 11.6. The molecule has 3 heterocycles. The summed E-state index contributed by atoms with van der Waals surface area (Å²) in [6.07, 6.45) is 2.71. The molecule has 1 saturated heterocycles. The second-order valence-electron chi connectivity index (χ2n) is 6.75. The number of hydrogen-bond donors (Lipinski definition) is 2. The fraction of sp³-hybridized carbons (Fsp3) is 0.625. The van der Waals surface area contributed by atoms with Crippen molar-refractivity contribution >= 4 is 17.4 Å². The lowest BCUT2D eigenvalue weighted by Gasteiger charge is -2.34. The number of amides is 1. The minimum absolute atomic E-state index is 0.0114. The van der Waals surface area contributed by atoms with Gasteiger partial charge in [-0.1, -0.05) is 0 Å². The van der Waals surface area contributed by atoms with Crippen LogP contribution in [0.15, 0.2) is 12.1 Å². The van der Waals surface area contributed by atoms with Gasteiger partial charge in [0.25, 0.3) is 0 Å². The van der Waals surface area contributed by atoms with Gasteiger partial charge >= 0.3 is 0 Å². The topological polar surface area (TPSA) is 95.6 Å². The van der Waals surface area contributed by atoms with Crippen molar-refractivity contribution in [2.45, 2.75) is 44.8 Å². The zero-order valence-corrected chi connectivity index (χ0v) is 13.7. The predicted molar refractivity (Wildman–Crippen MR) is 87.6 cm³/mol. The van der Waals surface area contributed by atoms with Gasteiger partial charge in [-0.15, -0.1) is 14.8 Å². The molecule has 8 nitrogen and oxygen atoms in total. The van der Waals surface area contributed by atoms with Crippen LogP contribution in [0.3, 0.4) is 0 Å². The zero-order chi connectivity index (χ0) is 16.7. The van der Waals surface area contributed by atoms with Crippen LogP contribution in [0.2, 0.25) is 0 Å². The Labute approximate surface area is 139 Å². The van der Waals surface area contributed by atoms with Crippen molar-refractivity contribution in [3.63, 3.8) is 0 Å². The number of hydrogen-bond acceptors (Lipinski definition) is 6. The van der Waals surface area contributed by atoms with Gasteiger partial charge < -0.3 is 15.3 Å². The number of aliphatic hydroxyl groups is 1. The van der Waals surface area contributed by atoms with E-state index in [-0.39, 0.29) is 17.9 Å². The molecule has 128 valence electrons. The number of carbonyl (C=O) groups is 1. The maximum absolute atomic E-state index is 12.0. The SMILES string of the molecule is Cc1nc2ccc(N3CCC(C(O)C(=O)NC4CC4)CC3)nn2n1. The van der Waals surface area contributed by atoms with Gasteiger partial charge in [-0.05, 0) is 50.7 Å². The Balaban J connectivity index is 1.38. The van der Waals surface area contributed by atoms with Crippen molar-refractivity contribution in [1.82, 2.24) is 25.1 Å². The third kappa shape index (κ3) is 3.06. The first-order valence-electron chi connectivity index (χ1n) is 8.54. The molecule has 4 rings (SSSR count). The van der Waals surface area contributed by atoms with Gasteiger partial charge in [0.2, 0.25) is 5.91 Å². The quantitative estimate of drug-likeness (QED) is 0.836. The van der Waals surface area contributed by atoms with E-state index in [9.17, 15) is 9.90 Å². The Hall–Kier alpha value is -2.22. The molecule has 1 amide bonds. The van der Waals surface area contributed by atoms with E-state index in [0.717, 1.165) is 50.2 Å². The van der Waals surface area contributed by atoms with Crippen LogP contribution >= 0.6 is 0 Å². The van der Waals surface area contributed by atoms with Crippen LogP contribution in [0, 0.1) is 12.8 Å². The highest BCUT2D eigenvalue weighted by molar-refractivity contribution is 5.81. The third-order valence-electron chi connectivity index (χ3n) is 4.80. The summed E-state index contributed by atoms with van der Waals surface area (Å²) in [7, 11) is 0. The molecule has 1 atom stereocenters. The molecule has 0 spiro atoms. The Morgan fingerprint density at radius 2 is 2.00 bits per heavy atom. The molecule has 0 radical (unpaired) electrons. The number of aromatic nitrogens is 4. The Kier molecular flexibility index (Phi) is 3.84. The molecule has 2 aromatic heterocycles. The van der Waals surface area contributed by atoms with E-state index in [2.05, 4.69) is 25.4 Å². The fourth-order valence-electron chi connectivity index (χ4n) is 3.22. The lowest BCUT2D eigenvalue weighted by atomic mass is 9.90. The van der Waals surface area contributed by atoms with Crippen LogP contribution in [0.5, 0.6) is 0 Å². The van der Waals surface area contributed by atoms with Crippen molar-refractivity contribution in [2.24, 2.45) is 5.92 Å². The molecule has 2 fully saturated rings. The average molecular weight is 330 g/mol. The van der Waals surface area contributed by atoms with Crippen molar-refractivity contribution in [3.05, 3.63) is 18.0 Å². The summed E-state index contributed by atoms with van der Waals surface area (Å²) in [6, 6.07) is 4.14. The van der Waals surface area contributed by atoms with Gasteiger partial charge in [0, 0.05) is 19.1 Å². The molecule has 1 saturated carbocycles. The first-order valence-corrected chi connectivity index (χ1v) is 8.54. The second-order valence-corrected chi connectivity index (χ2v) is 6.75. The molecule has 2 aliphatic rings. The van der Waals surface area contributed by atoms with Crippen LogP contribution < -0.4 is 10.2 Å². The largest absolute Gasteiger partial charge is 0.383 e. The highest BCUT2D eigenvalue weighted by Crippen LogP contribution is 2.25. The van der Waals surface area contributed by atoms with E-state index in [0.29, 0.717) is 5.82 Å². The lowest BCUT2D eigenvalue weighted by Crippen LogP contribution is -2.45. The van der Waals surface area contributed by atoms with E-state index in [1.807, 2.05) is 19.1 Å². The summed E-state index contributed by atoms with van der Waals surface area (Å²) in [4.78, 5) is 18.4. The fourth-order valence-corrected chi connectivity index (χ4v) is 3.22. The van der Waals surface area contributed by atoms with Gasteiger partial charge in [0.15, 0.2) is 11.5 Å². The maximum atomic E-state index is 12.0. The Morgan fingerprint density at radius 3 is 2.71 bits per heavy atom. The molecule has 0 aromatic carbocycles. The van der Waals surface area contributed by atoms with Crippen molar-refractivity contribution < 1.29 is 9.90 Å². The molecule has 0 bridgehead atoms. The average Bonchev–Trinajstić information content (AvgIpc) is 3.32. The van der Waals surface area contributed by atoms with Gasteiger partial charge in [-0.3, -0.25) is 4.79 Å². The maximum Gasteiger partial charge on any atom is 0.249 e. The number of nitrogens with one attached hydrogen (secondary N) is 1. The summed E-state index contributed by atoms with van der Waals surface area (Å²) < 4.78 is 1.55. The number of carbonyl (C=O) groups excluding carboxylic acids is 1. The molecule has 2 N–H and O–H groups in total. The van der Waals surface area contributed by atoms with Crippen LogP contribution in [0.4, 0.5) is 5.82 Å².